The minimum absolute atomic E-state index is 0.0605. The lowest BCUT2D eigenvalue weighted by Crippen LogP contribution is -2.28. The molecule has 1 heterocycles. The average Bonchev–Trinajstić information content (AvgIpc) is 2.73. The Kier molecular flexibility index (Phi) is 4.15. The van der Waals surface area contributed by atoms with Gasteiger partial charge in [-0.2, -0.15) is 0 Å². The summed E-state index contributed by atoms with van der Waals surface area (Å²) in [5.41, 5.74) is 0.0605. The molecule has 0 unspecified atom stereocenters. The third kappa shape index (κ3) is 2.79. The van der Waals surface area contributed by atoms with Gasteiger partial charge < -0.3 is 4.57 Å². The highest BCUT2D eigenvalue weighted by Crippen LogP contribution is 2.36. The van der Waals surface area contributed by atoms with Crippen molar-refractivity contribution in [1.29, 1.82) is 0 Å². The van der Waals surface area contributed by atoms with Crippen LogP contribution in [0, 0.1) is 5.92 Å². The lowest BCUT2D eigenvalue weighted by molar-refractivity contribution is 0.306. The first-order chi connectivity index (χ1) is 8.43. The van der Waals surface area contributed by atoms with Crippen LogP contribution < -0.4 is 0 Å². The SMILES string of the molecule is CC1CCC(c2nnc(CBr)n2C(C)(C)C)CC1. The van der Waals surface area contributed by atoms with Crippen LogP contribution in [0.4, 0.5) is 0 Å². The molecule has 0 aliphatic heterocycles. The van der Waals surface area contributed by atoms with Gasteiger partial charge in [-0.1, -0.05) is 35.7 Å². The van der Waals surface area contributed by atoms with Crippen LogP contribution in [0.15, 0.2) is 0 Å². The van der Waals surface area contributed by atoms with Crippen molar-refractivity contribution in [3.8, 4) is 0 Å². The van der Waals surface area contributed by atoms with Gasteiger partial charge in [-0.3, -0.25) is 0 Å². The molecular weight excluding hydrogens is 290 g/mol. The summed E-state index contributed by atoms with van der Waals surface area (Å²) in [7, 11) is 0. The van der Waals surface area contributed by atoms with E-state index >= 15 is 0 Å². The Hall–Kier alpha value is -0.380. The first-order valence-corrected chi connectivity index (χ1v) is 8.06. The van der Waals surface area contributed by atoms with Crippen molar-refractivity contribution in [3.63, 3.8) is 0 Å². The Bertz CT molecular complexity index is 398. The molecule has 0 N–H and O–H groups in total. The minimum Gasteiger partial charge on any atom is -0.309 e. The molecule has 0 amide bonds. The molecule has 4 heteroatoms. The second kappa shape index (κ2) is 5.32. The highest BCUT2D eigenvalue weighted by molar-refractivity contribution is 9.08. The first-order valence-electron chi connectivity index (χ1n) is 6.94. The largest absolute Gasteiger partial charge is 0.309 e. The molecule has 1 aliphatic rings. The summed E-state index contributed by atoms with van der Waals surface area (Å²) in [5, 5.41) is 9.62. The molecule has 0 aromatic carbocycles. The van der Waals surface area contributed by atoms with Crippen molar-refractivity contribution < 1.29 is 0 Å². The minimum atomic E-state index is 0.0605. The second-order valence-electron chi connectivity index (χ2n) is 6.57. The zero-order valence-electron chi connectivity index (χ0n) is 11.9. The van der Waals surface area contributed by atoms with E-state index in [1.807, 2.05) is 0 Å². The van der Waals surface area contributed by atoms with E-state index < -0.39 is 0 Å². The van der Waals surface area contributed by atoms with Gasteiger partial charge in [0.25, 0.3) is 0 Å². The fraction of sp³-hybridized carbons (Fsp3) is 0.857. The lowest BCUT2D eigenvalue weighted by atomic mass is 9.82. The maximum atomic E-state index is 4.49. The quantitative estimate of drug-likeness (QED) is 0.765. The fourth-order valence-corrected chi connectivity index (χ4v) is 3.29. The van der Waals surface area contributed by atoms with Crippen LogP contribution in [0.2, 0.25) is 0 Å². The molecule has 0 radical (unpaired) electrons. The third-order valence-electron chi connectivity index (χ3n) is 3.93. The van der Waals surface area contributed by atoms with Gasteiger partial charge in [0.2, 0.25) is 0 Å². The molecule has 1 aromatic rings. The van der Waals surface area contributed by atoms with E-state index in [1.54, 1.807) is 0 Å². The molecule has 0 bridgehead atoms. The van der Waals surface area contributed by atoms with Crippen LogP contribution in [0.25, 0.3) is 0 Å². The van der Waals surface area contributed by atoms with E-state index in [9.17, 15) is 0 Å². The van der Waals surface area contributed by atoms with Gasteiger partial charge in [0.05, 0.1) is 5.33 Å². The summed E-state index contributed by atoms with van der Waals surface area (Å²) in [5.74, 6) is 3.73. The standard InChI is InChI=1S/C14H24BrN3/c1-10-5-7-11(8-6-10)13-17-16-12(9-15)18(13)14(2,3)4/h10-11H,5-9H2,1-4H3. The Morgan fingerprint density at radius 2 is 1.78 bits per heavy atom. The summed E-state index contributed by atoms with van der Waals surface area (Å²) in [6, 6.07) is 0. The maximum Gasteiger partial charge on any atom is 0.144 e. The predicted octanol–water partition coefficient (Wildman–Crippen LogP) is 4.22. The summed E-state index contributed by atoms with van der Waals surface area (Å²) < 4.78 is 2.34. The van der Waals surface area contributed by atoms with Crippen molar-refractivity contribution in [2.24, 2.45) is 5.92 Å². The summed E-state index contributed by atoms with van der Waals surface area (Å²) >= 11 is 3.52. The molecule has 0 atom stereocenters. The Labute approximate surface area is 118 Å². The zero-order chi connectivity index (χ0) is 13.3. The van der Waals surface area contributed by atoms with Crippen LogP contribution in [-0.4, -0.2) is 14.8 Å². The highest BCUT2D eigenvalue weighted by Gasteiger charge is 2.29. The van der Waals surface area contributed by atoms with Gasteiger partial charge in [-0.15, -0.1) is 10.2 Å². The molecule has 0 saturated heterocycles. The fourth-order valence-electron chi connectivity index (χ4n) is 2.93. The van der Waals surface area contributed by atoms with E-state index in [1.165, 1.54) is 31.5 Å². The number of alkyl halides is 1. The number of hydrogen-bond donors (Lipinski definition) is 0. The van der Waals surface area contributed by atoms with Crippen molar-refractivity contribution in [2.45, 2.75) is 70.2 Å². The zero-order valence-corrected chi connectivity index (χ0v) is 13.5. The smallest absolute Gasteiger partial charge is 0.144 e. The molecule has 0 spiro atoms. The number of hydrogen-bond acceptors (Lipinski definition) is 2. The van der Waals surface area contributed by atoms with Gasteiger partial charge in [0.1, 0.15) is 11.6 Å². The van der Waals surface area contributed by atoms with Gasteiger partial charge in [-0.05, 0) is 39.5 Å². The van der Waals surface area contributed by atoms with Crippen LogP contribution in [-0.2, 0) is 10.9 Å². The molecular formula is C14H24BrN3. The number of rotatable bonds is 2. The Balaban J connectivity index is 2.30. The van der Waals surface area contributed by atoms with E-state index in [-0.39, 0.29) is 5.54 Å². The molecule has 2 rings (SSSR count). The molecule has 102 valence electrons. The number of aromatic nitrogens is 3. The van der Waals surface area contributed by atoms with E-state index in [2.05, 4.69) is 58.4 Å². The normalized spacial score (nSPS) is 25.4. The van der Waals surface area contributed by atoms with Crippen molar-refractivity contribution in [1.82, 2.24) is 14.8 Å². The van der Waals surface area contributed by atoms with Crippen LogP contribution in [0.5, 0.6) is 0 Å². The van der Waals surface area contributed by atoms with E-state index in [0.717, 1.165) is 17.1 Å². The predicted molar refractivity (Wildman–Crippen MR) is 78.0 cm³/mol. The average molecular weight is 314 g/mol. The van der Waals surface area contributed by atoms with E-state index in [0.29, 0.717) is 5.92 Å². The molecule has 1 fully saturated rings. The number of nitrogens with zero attached hydrogens (tertiary/aromatic N) is 3. The highest BCUT2D eigenvalue weighted by atomic mass is 79.9. The van der Waals surface area contributed by atoms with Crippen molar-refractivity contribution in [3.05, 3.63) is 11.6 Å². The summed E-state index contributed by atoms with van der Waals surface area (Å²) in [6.45, 7) is 9.06. The van der Waals surface area contributed by atoms with Crippen LogP contribution >= 0.6 is 15.9 Å². The topological polar surface area (TPSA) is 30.7 Å². The van der Waals surface area contributed by atoms with Gasteiger partial charge >= 0.3 is 0 Å². The molecule has 1 saturated carbocycles. The van der Waals surface area contributed by atoms with E-state index in [4.69, 9.17) is 0 Å². The van der Waals surface area contributed by atoms with Crippen LogP contribution in [0.3, 0.4) is 0 Å². The maximum absolute atomic E-state index is 4.49. The monoisotopic (exact) mass is 313 g/mol. The van der Waals surface area contributed by atoms with Crippen molar-refractivity contribution >= 4 is 15.9 Å². The second-order valence-corrected chi connectivity index (χ2v) is 7.13. The summed E-state index contributed by atoms with van der Waals surface area (Å²) in [4.78, 5) is 0. The van der Waals surface area contributed by atoms with Gasteiger partial charge in [0.15, 0.2) is 0 Å². The molecule has 3 nitrogen and oxygen atoms in total. The molecule has 1 aliphatic carbocycles. The summed E-state index contributed by atoms with van der Waals surface area (Å²) in [6.07, 6.45) is 5.17. The van der Waals surface area contributed by atoms with Crippen molar-refractivity contribution in [2.75, 3.05) is 0 Å². The lowest BCUT2D eigenvalue weighted by Gasteiger charge is -2.30. The first kappa shape index (κ1) is 14.0. The Morgan fingerprint density at radius 3 is 2.28 bits per heavy atom. The van der Waals surface area contributed by atoms with Crippen LogP contribution in [0.1, 0.15) is 70.9 Å². The Morgan fingerprint density at radius 1 is 1.17 bits per heavy atom. The van der Waals surface area contributed by atoms with Gasteiger partial charge in [-0.25, -0.2) is 0 Å². The van der Waals surface area contributed by atoms with Gasteiger partial charge in [0, 0.05) is 11.5 Å². The third-order valence-corrected chi connectivity index (χ3v) is 4.43. The number of halogens is 1. The molecule has 18 heavy (non-hydrogen) atoms. The molecule has 1 aromatic heterocycles.